The van der Waals surface area contributed by atoms with Gasteiger partial charge >= 0.3 is 11.9 Å². The predicted octanol–water partition coefficient (Wildman–Crippen LogP) is 3.46. The molecule has 0 aliphatic carbocycles. The number of hydrogen-bond acceptors (Lipinski definition) is 7. The van der Waals surface area contributed by atoms with Gasteiger partial charge in [0.2, 0.25) is 0 Å². The minimum atomic E-state index is -1.32. The van der Waals surface area contributed by atoms with E-state index < -0.39 is 35.8 Å². The molecule has 0 saturated heterocycles. The Labute approximate surface area is 215 Å². The number of hydrogen-bond donors (Lipinski definition) is 0. The van der Waals surface area contributed by atoms with Gasteiger partial charge in [-0.3, -0.25) is 24.2 Å². The molecule has 0 spiro atoms. The Kier molecular flexibility index (Phi) is 8.10. The first-order valence-electron chi connectivity index (χ1n) is 11.9. The molecule has 3 aromatic carbocycles. The van der Waals surface area contributed by atoms with Gasteiger partial charge in [0.05, 0.1) is 25.3 Å². The van der Waals surface area contributed by atoms with E-state index in [1.165, 1.54) is 14.2 Å². The van der Waals surface area contributed by atoms with Crippen LogP contribution < -0.4 is 0 Å². The highest BCUT2D eigenvalue weighted by Gasteiger charge is 2.45. The second kappa shape index (κ2) is 11.6. The number of imide groups is 1. The lowest BCUT2D eigenvalue weighted by Crippen LogP contribution is -2.51. The molecule has 3 aromatic rings. The van der Waals surface area contributed by atoms with Gasteiger partial charge in [0, 0.05) is 19.5 Å². The highest BCUT2D eigenvalue weighted by molar-refractivity contribution is 6.22. The Morgan fingerprint density at radius 3 is 1.57 bits per heavy atom. The number of amides is 2. The Morgan fingerprint density at radius 2 is 1.14 bits per heavy atom. The van der Waals surface area contributed by atoms with Gasteiger partial charge in [-0.15, -0.1) is 0 Å². The van der Waals surface area contributed by atoms with E-state index in [0.29, 0.717) is 13.1 Å². The van der Waals surface area contributed by atoms with Crippen molar-refractivity contribution in [1.29, 1.82) is 0 Å². The van der Waals surface area contributed by atoms with E-state index in [2.05, 4.69) is 0 Å². The van der Waals surface area contributed by atoms with Crippen LogP contribution in [-0.2, 0) is 32.2 Å². The van der Waals surface area contributed by atoms with Gasteiger partial charge in [-0.05, 0) is 23.3 Å². The van der Waals surface area contributed by atoms with Crippen LogP contribution in [0.3, 0.4) is 0 Å². The summed E-state index contributed by atoms with van der Waals surface area (Å²) in [5.41, 5.74) is 2.31. The van der Waals surface area contributed by atoms with E-state index in [4.69, 9.17) is 9.47 Å². The number of ether oxygens (including phenoxy) is 2. The molecule has 0 N–H and O–H groups in total. The van der Waals surface area contributed by atoms with Gasteiger partial charge in [0.1, 0.15) is 12.1 Å². The molecule has 0 aromatic heterocycles. The molecule has 1 aliphatic heterocycles. The number of carbonyl (C=O) groups is 4. The van der Waals surface area contributed by atoms with E-state index in [-0.39, 0.29) is 17.5 Å². The first-order chi connectivity index (χ1) is 17.9. The van der Waals surface area contributed by atoms with Crippen LogP contribution in [0.1, 0.15) is 38.3 Å². The Morgan fingerprint density at radius 1 is 0.703 bits per heavy atom. The summed E-state index contributed by atoms with van der Waals surface area (Å²) >= 11 is 0. The fourth-order valence-electron chi connectivity index (χ4n) is 4.59. The summed E-state index contributed by atoms with van der Waals surface area (Å²) < 4.78 is 10.1. The van der Waals surface area contributed by atoms with E-state index in [9.17, 15) is 19.2 Å². The number of fused-ring (bicyclic) bond motifs is 1. The maximum Gasteiger partial charge on any atom is 0.329 e. The second-order valence-corrected chi connectivity index (χ2v) is 8.72. The third-order valence-corrected chi connectivity index (χ3v) is 6.43. The largest absolute Gasteiger partial charge is 0.468 e. The third-order valence-electron chi connectivity index (χ3n) is 6.43. The van der Waals surface area contributed by atoms with Crippen molar-refractivity contribution in [2.45, 2.75) is 31.6 Å². The molecule has 1 heterocycles. The zero-order valence-corrected chi connectivity index (χ0v) is 20.7. The summed E-state index contributed by atoms with van der Waals surface area (Å²) in [7, 11) is 2.46. The molecule has 0 unspecified atom stereocenters. The summed E-state index contributed by atoms with van der Waals surface area (Å²) in [5, 5.41) is 0. The van der Waals surface area contributed by atoms with Gasteiger partial charge in [0.25, 0.3) is 11.8 Å². The van der Waals surface area contributed by atoms with Crippen molar-refractivity contribution in [1.82, 2.24) is 9.80 Å². The predicted molar refractivity (Wildman–Crippen MR) is 135 cm³/mol. The minimum Gasteiger partial charge on any atom is -0.468 e. The van der Waals surface area contributed by atoms with E-state index in [1.54, 1.807) is 24.3 Å². The smallest absolute Gasteiger partial charge is 0.329 e. The molecular weight excluding hydrogens is 472 g/mol. The molecule has 0 fully saturated rings. The van der Waals surface area contributed by atoms with Crippen LogP contribution >= 0.6 is 0 Å². The van der Waals surface area contributed by atoms with Crippen LogP contribution in [0.4, 0.5) is 0 Å². The molecule has 0 radical (unpaired) electrons. The van der Waals surface area contributed by atoms with Gasteiger partial charge in [0.15, 0.2) is 0 Å². The van der Waals surface area contributed by atoms with Gasteiger partial charge in [-0.25, -0.2) is 4.79 Å². The minimum absolute atomic E-state index is 0.190. The number of carbonyl (C=O) groups excluding carboxylic acids is 4. The van der Waals surface area contributed by atoms with E-state index >= 15 is 0 Å². The van der Waals surface area contributed by atoms with Crippen molar-refractivity contribution in [3.63, 3.8) is 0 Å². The summed E-state index contributed by atoms with van der Waals surface area (Å²) in [6.45, 7) is 0.733. The third kappa shape index (κ3) is 5.59. The first-order valence-corrected chi connectivity index (χ1v) is 11.9. The van der Waals surface area contributed by atoms with Crippen LogP contribution in [0.2, 0.25) is 0 Å². The average molecular weight is 501 g/mol. The first kappa shape index (κ1) is 25.8. The van der Waals surface area contributed by atoms with Crippen LogP contribution in [0, 0.1) is 0 Å². The van der Waals surface area contributed by atoms with Gasteiger partial charge in [-0.2, -0.15) is 0 Å². The SMILES string of the molecule is COC(=O)[C@@H](C[C@H](C(=O)OC)N1C(=O)c2ccccc2C1=O)N(Cc1ccccc1)Cc1ccccc1. The van der Waals surface area contributed by atoms with Crippen molar-refractivity contribution in [3.8, 4) is 0 Å². The van der Waals surface area contributed by atoms with Crippen molar-refractivity contribution < 1.29 is 28.7 Å². The summed E-state index contributed by atoms with van der Waals surface area (Å²) in [5.74, 6) is -2.57. The lowest BCUT2D eigenvalue weighted by molar-refractivity contribution is -0.151. The monoisotopic (exact) mass is 500 g/mol. The second-order valence-electron chi connectivity index (χ2n) is 8.72. The fraction of sp³-hybridized carbons (Fsp3) is 0.241. The van der Waals surface area contributed by atoms with Gasteiger partial charge in [-0.1, -0.05) is 72.8 Å². The zero-order chi connectivity index (χ0) is 26.4. The Bertz CT molecular complexity index is 1200. The summed E-state index contributed by atoms with van der Waals surface area (Å²) in [6.07, 6.45) is -0.190. The Balaban J connectivity index is 1.71. The van der Waals surface area contributed by atoms with Crippen LogP contribution in [0.25, 0.3) is 0 Å². The molecule has 8 nitrogen and oxygen atoms in total. The highest BCUT2D eigenvalue weighted by Crippen LogP contribution is 2.28. The standard InChI is InChI=1S/C29H28N2O6/c1-36-28(34)24(30(18-20-11-5-3-6-12-20)19-21-13-7-4-8-14-21)17-25(29(35)37-2)31-26(32)22-15-9-10-16-23(22)27(31)33/h3-16,24-25H,17-19H2,1-2H3/t24-,25-/m1/s1. The molecule has 2 atom stereocenters. The zero-order valence-electron chi connectivity index (χ0n) is 20.7. The molecule has 8 heteroatoms. The molecule has 0 saturated carbocycles. The van der Waals surface area contributed by atoms with Crippen LogP contribution in [0.5, 0.6) is 0 Å². The van der Waals surface area contributed by atoms with E-state index in [0.717, 1.165) is 16.0 Å². The summed E-state index contributed by atoms with van der Waals surface area (Å²) in [6, 6.07) is 23.3. The van der Waals surface area contributed by atoms with Gasteiger partial charge < -0.3 is 9.47 Å². The molecule has 2 amide bonds. The topological polar surface area (TPSA) is 93.2 Å². The lowest BCUT2D eigenvalue weighted by Gasteiger charge is -2.33. The number of rotatable bonds is 10. The Hall–Kier alpha value is -4.30. The van der Waals surface area contributed by atoms with E-state index in [1.807, 2.05) is 65.6 Å². The number of methoxy groups -OCH3 is 2. The van der Waals surface area contributed by atoms with Crippen molar-refractivity contribution >= 4 is 23.8 Å². The average Bonchev–Trinajstić information content (AvgIpc) is 3.19. The molecule has 37 heavy (non-hydrogen) atoms. The lowest BCUT2D eigenvalue weighted by atomic mass is 10.0. The maximum absolute atomic E-state index is 13.2. The molecule has 0 bridgehead atoms. The summed E-state index contributed by atoms with van der Waals surface area (Å²) in [4.78, 5) is 55.4. The number of nitrogens with zero attached hydrogens (tertiary/aromatic N) is 2. The van der Waals surface area contributed by atoms with Crippen molar-refractivity contribution in [2.24, 2.45) is 0 Å². The molecular formula is C29H28N2O6. The van der Waals surface area contributed by atoms with Crippen LogP contribution in [-0.4, -0.2) is 59.9 Å². The quantitative estimate of drug-likeness (QED) is 0.311. The fourth-order valence-corrected chi connectivity index (χ4v) is 4.59. The molecule has 190 valence electrons. The molecule has 1 aliphatic rings. The highest BCUT2D eigenvalue weighted by atomic mass is 16.5. The molecule has 4 rings (SSSR count). The number of benzene rings is 3. The number of esters is 2. The maximum atomic E-state index is 13.2. The van der Waals surface area contributed by atoms with Crippen LogP contribution in [0.15, 0.2) is 84.9 Å². The van der Waals surface area contributed by atoms with Crippen molar-refractivity contribution in [3.05, 3.63) is 107 Å². The normalized spacial score (nSPS) is 14.3. The van der Waals surface area contributed by atoms with Crippen molar-refractivity contribution in [2.75, 3.05) is 14.2 Å².